The molecular weight excluding hydrogens is 192 g/mol. The lowest BCUT2D eigenvalue weighted by molar-refractivity contribution is 0.489. The third-order valence-corrected chi connectivity index (χ3v) is 4.39. The summed E-state index contributed by atoms with van der Waals surface area (Å²) in [5.74, 6) is 2.99. The summed E-state index contributed by atoms with van der Waals surface area (Å²) >= 11 is 1.89. The zero-order valence-corrected chi connectivity index (χ0v) is 9.94. The molecule has 0 aromatic carbocycles. The Morgan fingerprint density at radius 2 is 2.21 bits per heavy atom. The van der Waals surface area contributed by atoms with Gasteiger partial charge in [0, 0.05) is 18.3 Å². The molecule has 2 aliphatic rings. The average Bonchev–Trinajstić information content (AvgIpc) is 2.95. The van der Waals surface area contributed by atoms with Crippen LogP contribution >= 0.6 is 11.8 Å². The molecule has 1 saturated heterocycles. The Morgan fingerprint density at radius 3 is 2.86 bits per heavy atom. The first-order chi connectivity index (χ1) is 6.75. The van der Waals surface area contributed by atoms with Gasteiger partial charge in [0.25, 0.3) is 0 Å². The van der Waals surface area contributed by atoms with Crippen molar-refractivity contribution in [3.63, 3.8) is 0 Å². The van der Waals surface area contributed by atoms with Gasteiger partial charge in [-0.1, -0.05) is 31.5 Å². The molecular formula is C11H20N2S. The normalized spacial score (nSPS) is 35.7. The largest absolute Gasteiger partial charge is 0.362 e. The molecule has 1 aliphatic carbocycles. The van der Waals surface area contributed by atoms with E-state index in [0.717, 1.165) is 18.4 Å². The van der Waals surface area contributed by atoms with E-state index in [1.54, 1.807) is 0 Å². The molecule has 2 rings (SSSR count). The maximum atomic E-state index is 4.62. The quantitative estimate of drug-likeness (QED) is 0.777. The fraction of sp³-hybridized carbons (Fsp3) is 0.909. The summed E-state index contributed by atoms with van der Waals surface area (Å²) in [5.41, 5.74) is 0. The lowest BCUT2D eigenvalue weighted by Crippen LogP contribution is -2.41. The average molecular weight is 212 g/mol. The van der Waals surface area contributed by atoms with Crippen molar-refractivity contribution in [2.75, 3.05) is 12.3 Å². The van der Waals surface area contributed by atoms with E-state index >= 15 is 0 Å². The summed E-state index contributed by atoms with van der Waals surface area (Å²) in [7, 11) is 0. The summed E-state index contributed by atoms with van der Waals surface area (Å²) in [6.45, 7) is 5.58. The second-order valence-electron chi connectivity index (χ2n) is 4.64. The Hall–Kier alpha value is -0.180. The van der Waals surface area contributed by atoms with Crippen LogP contribution in [0.1, 0.15) is 33.1 Å². The number of nitrogens with one attached hydrogen (secondary N) is 1. The Labute approximate surface area is 90.9 Å². The van der Waals surface area contributed by atoms with Gasteiger partial charge in [-0.25, -0.2) is 0 Å². The van der Waals surface area contributed by atoms with Crippen LogP contribution in [0.4, 0.5) is 0 Å². The summed E-state index contributed by atoms with van der Waals surface area (Å²) in [6.07, 6.45) is 4.19. The Balaban J connectivity index is 1.73. The van der Waals surface area contributed by atoms with E-state index in [0.29, 0.717) is 6.04 Å². The first-order valence-corrected chi connectivity index (χ1v) is 6.68. The summed E-state index contributed by atoms with van der Waals surface area (Å²) in [5, 5.41) is 4.65. The van der Waals surface area contributed by atoms with Gasteiger partial charge in [0.15, 0.2) is 5.17 Å². The standard InChI is InChI=1S/C11H20N2S/c1-8-7-14-11(13-9(8)2)12-6-5-10-3-4-10/h8-10H,3-7H2,1-2H3,(H,12,13). The molecule has 0 amide bonds. The van der Waals surface area contributed by atoms with Crippen molar-refractivity contribution in [3.05, 3.63) is 0 Å². The number of aliphatic imine (C=N–C) groups is 1. The second kappa shape index (κ2) is 4.56. The van der Waals surface area contributed by atoms with Gasteiger partial charge >= 0.3 is 0 Å². The maximum absolute atomic E-state index is 4.62. The molecule has 2 atom stereocenters. The van der Waals surface area contributed by atoms with Crippen LogP contribution in [0.2, 0.25) is 0 Å². The van der Waals surface area contributed by atoms with Crippen LogP contribution in [0.25, 0.3) is 0 Å². The van der Waals surface area contributed by atoms with Crippen LogP contribution in [-0.2, 0) is 0 Å². The SMILES string of the molecule is CC1CSC(=NCCC2CC2)NC1C. The molecule has 2 unspecified atom stereocenters. The van der Waals surface area contributed by atoms with E-state index < -0.39 is 0 Å². The third-order valence-electron chi connectivity index (χ3n) is 3.18. The Morgan fingerprint density at radius 1 is 1.43 bits per heavy atom. The molecule has 14 heavy (non-hydrogen) atoms. The van der Waals surface area contributed by atoms with Crippen LogP contribution in [0.5, 0.6) is 0 Å². The van der Waals surface area contributed by atoms with Crippen molar-refractivity contribution in [2.45, 2.75) is 39.2 Å². The molecule has 0 aromatic rings. The van der Waals surface area contributed by atoms with Gasteiger partial charge in [-0.3, -0.25) is 4.99 Å². The minimum atomic E-state index is 0.593. The number of rotatable bonds is 3. The van der Waals surface area contributed by atoms with Gasteiger partial charge in [-0.2, -0.15) is 0 Å². The van der Waals surface area contributed by atoms with Crippen molar-refractivity contribution < 1.29 is 0 Å². The molecule has 0 aromatic heterocycles. The number of hydrogen-bond donors (Lipinski definition) is 1. The van der Waals surface area contributed by atoms with Crippen LogP contribution in [0.15, 0.2) is 4.99 Å². The van der Waals surface area contributed by atoms with E-state index in [1.165, 1.54) is 30.2 Å². The topological polar surface area (TPSA) is 24.4 Å². The molecule has 80 valence electrons. The van der Waals surface area contributed by atoms with E-state index in [-0.39, 0.29) is 0 Å². The van der Waals surface area contributed by atoms with Gasteiger partial charge in [-0.15, -0.1) is 0 Å². The molecule has 0 bridgehead atoms. The van der Waals surface area contributed by atoms with Crippen molar-refractivity contribution >= 4 is 16.9 Å². The van der Waals surface area contributed by atoms with Crippen LogP contribution in [-0.4, -0.2) is 23.5 Å². The predicted octanol–water partition coefficient (Wildman–Crippen LogP) is 2.50. The van der Waals surface area contributed by atoms with Crippen LogP contribution in [0.3, 0.4) is 0 Å². The van der Waals surface area contributed by atoms with E-state index in [2.05, 4.69) is 24.2 Å². The molecule has 0 spiro atoms. The van der Waals surface area contributed by atoms with E-state index in [1.807, 2.05) is 11.8 Å². The molecule has 1 N–H and O–H groups in total. The highest BCUT2D eigenvalue weighted by molar-refractivity contribution is 8.13. The number of nitrogens with zero attached hydrogens (tertiary/aromatic N) is 1. The highest BCUT2D eigenvalue weighted by atomic mass is 32.2. The Bertz CT molecular complexity index is 223. The lowest BCUT2D eigenvalue weighted by Gasteiger charge is -2.28. The first-order valence-electron chi connectivity index (χ1n) is 5.69. The summed E-state index contributed by atoms with van der Waals surface area (Å²) in [4.78, 5) is 4.62. The van der Waals surface area contributed by atoms with Crippen LogP contribution in [0, 0.1) is 11.8 Å². The molecule has 0 radical (unpaired) electrons. The monoisotopic (exact) mass is 212 g/mol. The van der Waals surface area contributed by atoms with Crippen molar-refractivity contribution in [1.82, 2.24) is 5.32 Å². The van der Waals surface area contributed by atoms with Crippen LogP contribution < -0.4 is 5.32 Å². The van der Waals surface area contributed by atoms with Gasteiger partial charge in [0.05, 0.1) is 0 Å². The minimum absolute atomic E-state index is 0.593. The van der Waals surface area contributed by atoms with Gasteiger partial charge < -0.3 is 5.32 Å². The fourth-order valence-electron chi connectivity index (χ4n) is 1.58. The zero-order chi connectivity index (χ0) is 9.97. The van der Waals surface area contributed by atoms with Crippen molar-refractivity contribution in [3.8, 4) is 0 Å². The number of amidine groups is 1. The summed E-state index contributed by atoms with van der Waals surface area (Å²) in [6, 6.07) is 0.593. The van der Waals surface area contributed by atoms with Gasteiger partial charge in [0.2, 0.25) is 0 Å². The fourth-order valence-corrected chi connectivity index (χ4v) is 2.74. The predicted molar refractivity (Wildman–Crippen MR) is 63.9 cm³/mol. The first kappa shape index (κ1) is 10.3. The highest BCUT2D eigenvalue weighted by Gasteiger charge is 2.22. The number of hydrogen-bond acceptors (Lipinski definition) is 2. The van der Waals surface area contributed by atoms with Gasteiger partial charge in [-0.05, 0) is 25.2 Å². The second-order valence-corrected chi connectivity index (χ2v) is 5.65. The molecule has 1 heterocycles. The zero-order valence-electron chi connectivity index (χ0n) is 9.12. The van der Waals surface area contributed by atoms with Gasteiger partial charge in [0.1, 0.15) is 0 Å². The Kier molecular flexibility index (Phi) is 3.37. The molecule has 3 heteroatoms. The molecule has 2 nitrogen and oxygen atoms in total. The molecule has 1 saturated carbocycles. The molecule has 2 fully saturated rings. The minimum Gasteiger partial charge on any atom is -0.362 e. The highest BCUT2D eigenvalue weighted by Crippen LogP contribution is 2.32. The smallest absolute Gasteiger partial charge is 0.156 e. The van der Waals surface area contributed by atoms with Crippen molar-refractivity contribution in [2.24, 2.45) is 16.8 Å². The summed E-state index contributed by atoms with van der Waals surface area (Å²) < 4.78 is 0. The lowest BCUT2D eigenvalue weighted by atomic mass is 10.1. The maximum Gasteiger partial charge on any atom is 0.156 e. The van der Waals surface area contributed by atoms with E-state index in [4.69, 9.17) is 0 Å². The van der Waals surface area contributed by atoms with Crippen molar-refractivity contribution in [1.29, 1.82) is 0 Å². The van der Waals surface area contributed by atoms with E-state index in [9.17, 15) is 0 Å². The third kappa shape index (κ3) is 2.91. The molecule has 1 aliphatic heterocycles. The number of thioether (sulfide) groups is 1.